The van der Waals surface area contributed by atoms with Crippen molar-refractivity contribution in [3.63, 3.8) is 0 Å². The Morgan fingerprint density at radius 1 is 1.19 bits per heavy atom. The molecule has 1 fully saturated rings. The second-order valence-corrected chi connectivity index (χ2v) is 5.36. The van der Waals surface area contributed by atoms with E-state index in [-0.39, 0.29) is 5.54 Å². The summed E-state index contributed by atoms with van der Waals surface area (Å²) in [6, 6.07) is 6.77. The summed E-state index contributed by atoms with van der Waals surface area (Å²) < 4.78 is 0. The SMILES string of the molecule is CCC1(N)CN(Cc2cc(C)cc(C)c2)C1. The maximum Gasteiger partial charge on any atom is 0.0410 e. The molecule has 0 aliphatic carbocycles. The fraction of sp³-hybridized carbons (Fsp3) is 0.571. The maximum absolute atomic E-state index is 6.16. The summed E-state index contributed by atoms with van der Waals surface area (Å²) in [5.74, 6) is 0. The Bertz CT molecular complexity index is 358. The molecule has 16 heavy (non-hydrogen) atoms. The van der Waals surface area contributed by atoms with E-state index in [4.69, 9.17) is 5.73 Å². The summed E-state index contributed by atoms with van der Waals surface area (Å²) in [5, 5.41) is 0. The van der Waals surface area contributed by atoms with Crippen molar-refractivity contribution in [3.8, 4) is 0 Å². The first-order valence-electron chi connectivity index (χ1n) is 6.09. The third-order valence-corrected chi connectivity index (χ3v) is 3.47. The molecule has 0 aromatic heterocycles. The zero-order valence-corrected chi connectivity index (χ0v) is 10.6. The number of aryl methyl sites for hydroxylation is 2. The number of benzene rings is 1. The molecule has 0 saturated carbocycles. The van der Waals surface area contributed by atoms with Gasteiger partial charge >= 0.3 is 0 Å². The van der Waals surface area contributed by atoms with Gasteiger partial charge < -0.3 is 5.73 Å². The highest BCUT2D eigenvalue weighted by atomic mass is 15.2. The van der Waals surface area contributed by atoms with Crippen LogP contribution >= 0.6 is 0 Å². The van der Waals surface area contributed by atoms with E-state index in [0.29, 0.717) is 0 Å². The summed E-state index contributed by atoms with van der Waals surface area (Å²) in [6.07, 6.45) is 1.08. The van der Waals surface area contributed by atoms with E-state index < -0.39 is 0 Å². The Kier molecular flexibility index (Phi) is 3.04. The molecule has 0 radical (unpaired) electrons. The third kappa shape index (κ3) is 2.45. The van der Waals surface area contributed by atoms with Crippen molar-refractivity contribution < 1.29 is 0 Å². The van der Waals surface area contributed by atoms with Gasteiger partial charge in [-0.25, -0.2) is 0 Å². The minimum Gasteiger partial charge on any atom is -0.323 e. The molecule has 0 unspecified atom stereocenters. The van der Waals surface area contributed by atoms with Crippen molar-refractivity contribution in [1.29, 1.82) is 0 Å². The van der Waals surface area contributed by atoms with Crippen molar-refractivity contribution in [2.75, 3.05) is 13.1 Å². The van der Waals surface area contributed by atoms with Crippen LogP contribution in [0.1, 0.15) is 30.0 Å². The van der Waals surface area contributed by atoms with Gasteiger partial charge in [0.1, 0.15) is 0 Å². The fourth-order valence-corrected chi connectivity index (χ4v) is 2.60. The quantitative estimate of drug-likeness (QED) is 0.843. The smallest absolute Gasteiger partial charge is 0.0410 e. The highest BCUT2D eigenvalue weighted by Gasteiger charge is 2.37. The van der Waals surface area contributed by atoms with Crippen molar-refractivity contribution >= 4 is 0 Å². The molecule has 1 aliphatic rings. The lowest BCUT2D eigenvalue weighted by Gasteiger charge is -2.47. The Morgan fingerprint density at radius 2 is 1.75 bits per heavy atom. The molecule has 2 N–H and O–H groups in total. The second-order valence-electron chi connectivity index (χ2n) is 5.36. The molecule has 0 spiro atoms. The molecule has 0 amide bonds. The molecule has 1 aromatic carbocycles. The number of hydrogen-bond donors (Lipinski definition) is 1. The van der Waals surface area contributed by atoms with Crippen LogP contribution in [0.25, 0.3) is 0 Å². The minimum atomic E-state index is 0.0822. The minimum absolute atomic E-state index is 0.0822. The molecular formula is C14H22N2. The summed E-state index contributed by atoms with van der Waals surface area (Å²) in [4.78, 5) is 2.43. The van der Waals surface area contributed by atoms with Gasteiger partial charge in [-0.1, -0.05) is 36.2 Å². The van der Waals surface area contributed by atoms with Crippen molar-refractivity contribution in [2.24, 2.45) is 5.73 Å². The number of rotatable bonds is 3. The van der Waals surface area contributed by atoms with Crippen LogP contribution < -0.4 is 5.73 Å². The van der Waals surface area contributed by atoms with Crippen LogP contribution in [-0.4, -0.2) is 23.5 Å². The van der Waals surface area contributed by atoms with Gasteiger partial charge in [-0.3, -0.25) is 4.90 Å². The lowest BCUT2D eigenvalue weighted by molar-refractivity contribution is 0.0607. The summed E-state index contributed by atoms with van der Waals surface area (Å²) in [7, 11) is 0. The van der Waals surface area contributed by atoms with E-state index >= 15 is 0 Å². The molecule has 88 valence electrons. The topological polar surface area (TPSA) is 29.3 Å². The highest BCUT2D eigenvalue weighted by molar-refractivity contribution is 5.28. The van der Waals surface area contributed by atoms with Crippen molar-refractivity contribution in [2.45, 2.75) is 39.3 Å². The normalized spacial score (nSPS) is 19.5. The Balaban J connectivity index is 1.96. The lowest BCUT2D eigenvalue weighted by atomic mass is 9.88. The van der Waals surface area contributed by atoms with E-state index in [1.165, 1.54) is 16.7 Å². The van der Waals surface area contributed by atoms with Crippen LogP contribution in [0.4, 0.5) is 0 Å². The number of nitrogens with two attached hydrogens (primary N) is 1. The largest absolute Gasteiger partial charge is 0.323 e. The molecular weight excluding hydrogens is 196 g/mol. The second kappa shape index (κ2) is 4.19. The van der Waals surface area contributed by atoms with Gasteiger partial charge in [-0.05, 0) is 25.8 Å². The van der Waals surface area contributed by atoms with Gasteiger partial charge in [0, 0.05) is 25.2 Å². The first-order chi connectivity index (χ1) is 7.50. The number of hydrogen-bond acceptors (Lipinski definition) is 2. The van der Waals surface area contributed by atoms with Crippen molar-refractivity contribution in [3.05, 3.63) is 34.9 Å². The van der Waals surface area contributed by atoms with Crippen LogP contribution in [0.2, 0.25) is 0 Å². The first kappa shape index (κ1) is 11.6. The van der Waals surface area contributed by atoms with E-state index in [0.717, 1.165) is 26.1 Å². The van der Waals surface area contributed by atoms with Gasteiger partial charge in [0.15, 0.2) is 0 Å². The Morgan fingerprint density at radius 3 is 2.25 bits per heavy atom. The fourth-order valence-electron chi connectivity index (χ4n) is 2.60. The maximum atomic E-state index is 6.16. The standard InChI is InChI=1S/C14H22N2/c1-4-14(15)9-16(10-14)8-13-6-11(2)5-12(3)7-13/h5-7H,4,8-10,15H2,1-3H3. The summed E-state index contributed by atoms with van der Waals surface area (Å²) in [6.45, 7) is 9.61. The molecule has 0 atom stereocenters. The van der Waals surface area contributed by atoms with Gasteiger partial charge in [-0.2, -0.15) is 0 Å². The molecule has 1 heterocycles. The van der Waals surface area contributed by atoms with Crippen LogP contribution in [0.15, 0.2) is 18.2 Å². The zero-order chi connectivity index (χ0) is 11.8. The molecule has 1 aromatic rings. The third-order valence-electron chi connectivity index (χ3n) is 3.47. The van der Waals surface area contributed by atoms with Crippen LogP contribution in [-0.2, 0) is 6.54 Å². The molecule has 2 rings (SSSR count). The van der Waals surface area contributed by atoms with Gasteiger partial charge in [0.2, 0.25) is 0 Å². The molecule has 0 bridgehead atoms. The first-order valence-corrected chi connectivity index (χ1v) is 6.09. The van der Waals surface area contributed by atoms with Crippen LogP contribution in [0, 0.1) is 13.8 Å². The number of likely N-dealkylation sites (tertiary alicyclic amines) is 1. The monoisotopic (exact) mass is 218 g/mol. The summed E-state index contributed by atoms with van der Waals surface area (Å²) in [5.41, 5.74) is 10.4. The lowest BCUT2D eigenvalue weighted by Crippen LogP contribution is -2.66. The van der Waals surface area contributed by atoms with E-state index in [9.17, 15) is 0 Å². The summed E-state index contributed by atoms with van der Waals surface area (Å²) >= 11 is 0. The van der Waals surface area contributed by atoms with Gasteiger partial charge in [-0.15, -0.1) is 0 Å². The average Bonchev–Trinajstić information content (AvgIpc) is 2.13. The Labute approximate surface area is 98.4 Å². The molecule has 2 nitrogen and oxygen atoms in total. The predicted molar refractivity (Wildman–Crippen MR) is 68.4 cm³/mol. The average molecular weight is 218 g/mol. The molecule has 1 aliphatic heterocycles. The molecule has 1 saturated heterocycles. The van der Waals surface area contributed by atoms with Crippen LogP contribution in [0.5, 0.6) is 0 Å². The van der Waals surface area contributed by atoms with Gasteiger partial charge in [0.05, 0.1) is 0 Å². The van der Waals surface area contributed by atoms with Crippen molar-refractivity contribution in [1.82, 2.24) is 4.90 Å². The van der Waals surface area contributed by atoms with E-state index in [2.05, 4.69) is 43.9 Å². The highest BCUT2D eigenvalue weighted by Crippen LogP contribution is 2.23. The van der Waals surface area contributed by atoms with Gasteiger partial charge in [0.25, 0.3) is 0 Å². The Hall–Kier alpha value is -0.860. The van der Waals surface area contributed by atoms with Crippen LogP contribution in [0.3, 0.4) is 0 Å². The predicted octanol–water partition coefficient (Wildman–Crippen LogP) is 2.23. The number of nitrogens with zero attached hydrogens (tertiary/aromatic N) is 1. The zero-order valence-electron chi connectivity index (χ0n) is 10.6. The molecule has 2 heteroatoms. The van der Waals surface area contributed by atoms with E-state index in [1.807, 2.05) is 0 Å². The van der Waals surface area contributed by atoms with E-state index in [1.54, 1.807) is 0 Å².